The Morgan fingerprint density at radius 1 is 1.05 bits per heavy atom. The van der Waals surface area contributed by atoms with E-state index in [0.717, 1.165) is 31.1 Å². The van der Waals surface area contributed by atoms with Crippen LogP contribution in [0.25, 0.3) is 0 Å². The number of benzene rings is 1. The molecule has 2 rings (SSSR count). The van der Waals surface area contributed by atoms with Crippen molar-refractivity contribution in [3.05, 3.63) is 24.3 Å². The number of rotatable bonds is 8. The van der Waals surface area contributed by atoms with E-state index in [-0.39, 0.29) is 0 Å². The fourth-order valence-corrected chi connectivity index (χ4v) is 2.39. The molecule has 1 aromatic carbocycles. The van der Waals surface area contributed by atoms with Gasteiger partial charge in [0.1, 0.15) is 18.1 Å². The molecule has 1 aromatic rings. The SMILES string of the molecule is COc1ccc(OCCOCCC2CCCCN2)cc1. The van der Waals surface area contributed by atoms with E-state index in [2.05, 4.69) is 5.32 Å². The normalized spacial score (nSPS) is 18.8. The van der Waals surface area contributed by atoms with Crippen LogP contribution >= 0.6 is 0 Å². The van der Waals surface area contributed by atoms with Gasteiger partial charge in [-0.1, -0.05) is 6.42 Å². The zero-order valence-electron chi connectivity index (χ0n) is 12.3. The van der Waals surface area contributed by atoms with Crippen molar-refractivity contribution in [2.24, 2.45) is 0 Å². The molecule has 0 radical (unpaired) electrons. The molecule has 4 nitrogen and oxygen atoms in total. The van der Waals surface area contributed by atoms with Crippen molar-refractivity contribution in [2.45, 2.75) is 31.7 Å². The maximum atomic E-state index is 5.61. The number of methoxy groups -OCH3 is 1. The molecular weight excluding hydrogens is 254 g/mol. The summed E-state index contributed by atoms with van der Waals surface area (Å²) in [5, 5.41) is 3.52. The van der Waals surface area contributed by atoms with Gasteiger partial charge in [-0.3, -0.25) is 0 Å². The predicted molar refractivity (Wildman–Crippen MR) is 79.6 cm³/mol. The Labute approximate surface area is 121 Å². The fraction of sp³-hybridized carbons (Fsp3) is 0.625. The molecule has 0 aromatic heterocycles. The van der Waals surface area contributed by atoms with Gasteiger partial charge in [0.05, 0.1) is 13.7 Å². The van der Waals surface area contributed by atoms with Crippen LogP contribution in [-0.4, -0.2) is 39.5 Å². The molecule has 1 atom stereocenters. The van der Waals surface area contributed by atoms with Gasteiger partial charge >= 0.3 is 0 Å². The van der Waals surface area contributed by atoms with Crippen LogP contribution < -0.4 is 14.8 Å². The number of nitrogens with one attached hydrogen (secondary N) is 1. The van der Waals surface area contributed by atoms with Gasteiger partial charge in [-0.15, -0.1) is 0 Å². The molecule has 1 heterocycles. The number of ether oxygens (including phenoxy) is 3. The third kappa shape index (κ3) is 5.39. The summed E-state index contributed by atoms with van der Waals surface area (Å²) >= 11 is 0. The molecule has 0 amide bonds. The first-order chi connectivity index (χ1) is 9.88. The standard InChI is InChI=1S/C16H25NO3/c1-18-15-5-7-16(8-6-15)20-13-12-19-11-9-14-4-2-3-10-17-14/h5-8,14,17H,2-4,9-13H2,1H3. The van der Waals surface area contributed by atoms with Crippen LogP contribution in [0.15, 0.2) is 24.3 Å². The van der Waals surface area contributed by atoms with E-state index in [0.29, 0.717) is 19.3 Å². The summed E-state index contributed by atoms with van der Waals surface area (Å²) in [5.74, 6) is 1.69. The van der Waals surface area contributed by atoms with Crippen LogP contribution in [0, 0.1) is 0 Å². The van der Waals surface area contributed by atoms with Gasteiger partial charge < -0.3 is 19.5 Å². The van der Waals surface area contributed by atoms with E-state index in [9.17, 15) is 0 Å². The van der Waals surface area contributed by atoms with Crippen LogP contribution in [0.1, 0.15) is 25.7 Å². The first kappa shape index (κ1) is 15.1. The van der Waals surface area contributed by atoms with Gasteiger partial charge in [0, 0.05) is 12.6 Å². The molecule has 1 aliphatic rings. The van der Waals surface area contributed by atoms with Crippen molar-refractivity contribution < 1.29 is 14.2 Å². The van der Waals surface area contributed by atoms with Gasteiger partial charge in [-0.05, 0) is 50.1 Å². The third-order valence-corrected chi connectivity index (χ3v) is 3.58. The lowest BCUT2D eigenvalue weighted by molar-refractivity contribution is 0.0911. The van der Waals surface area contributed by atoms with Gasteiger partial charge in [0.15, 0.2) is 0 Å². The van der Waals surface area contributed by atoms with E-state index in [4.69, 9.17) is 14.2 Å². The van der Waals surface area contributed by atoms with Crippen molar-refractivity contribution in [3.63, 3.8) is 0 Å². The Kier molecular flexibility index (Phi) is 6.68. The minimum Gasteiger partial charge on any atom is -0.497 e. The van der Waals surface area contributed by atoms with Crippen LogP contribution in [0.3, 0.4) is 0 Å². The molecule has 0 spiro atoms. The molecule has 4 heteroatoms. The highest BCUT2D eigenvalue weighted by Crippen LogP contribution is 2.16. The molecule has 1 fully saturated rings. The zero-order chi connectivity index (χ0) is 14.0. The average Bonchev–Trinajstić information content (AvgIpc) is 2.52. The van der Waals surface area contributed by atoms with Crippen molar-refractivity contribution in [1.82, 2.24) is 5.32 Å². The van der Waals surface area contributed by atoms with Gasteiger partial charge in [-0.25, -0.2) is 0 Å². The lowest BCUT2D eigenvalue weighted by Crippen LogP contribution is -2.34. The quantitative estimate of drug-likeness (QED) is 0.743. The highest BCUT2D eigenvalue weighted by molar-refractivity contribution is 5.31. The first-order valence-corrected chi connectivity index (χ1v) is 7.46. The Hall–Kier alpha value is -1.26. The summed E-state index contributed by atoms with van der Waals surface area (Å²) in [6, 6.07) is 8.25. The molecule has 112 valence electrons. The molecule has 1 N–H and O–H groups in total. The second kappa shape index (κ2) is 8.82. The molecule has 1 saturated heterocycles. The Morgan fingerprint density at radius 3 is 2.55 bits per heavy atom. The van der Waals surface area contributed by atoms with E-state index < -0.39 is 0 Å². The number of hydrogen-bond donors (Lipinski definition) is 1. The maximum Gasteiger partial charge on any atom is 0.119 e. The lowest BCUT2D eigenvalue weighted by Gasteiger charge is -2.23. The van der Waals surface area contributed by atoms with Crippen molar-refractivity contribution >= 4 is 0 Å². The van der Waals surface area contributed by atoms with Gasteiger partial charge in [0.25, 0.3) is 0 Å². The van der Waals surface area contributed by atoms with Crippen LogP contribution in [0.5, 0.6) is 11.5 Å². The maximum absolute atomic E-state index is 5.61. The molecule has 1 aliphatic heterocycles. The van der Waals surface area contributed by atoms with Crippen LogP contribution in [-0.2, 0) is 4.74 Å². The number of hydrogen-bond acceptors (Lipinski definition) is 4. The van der Waals surface area contributed by atoms with E-state index in [1.807, 2.05) is 24.3 Å². The molecule has 20 heavy (non-hydrogen) atoms. The summed E-state index contributed by atoms with van der Waals surface area (Å²) < 4.78 is 16.3. The van der Waals surface area contributed by atoms with Gasteiger partial charge in [0.2, 0.25) is 0 Å². The summed E-state index contributed by atoms with van der Waals surface area (Å²) in [7, 11) is 1.66. The van der Waals surface area contributed by atoms with Crippen molar-refractivity contribution in [2.75, 3.05) is 33.5 Å². The smallest absolute Gasteiger partial charge is 0.119 e. The van der Waals surface area contributed by atoms with Gasteiger partial charge in [-0.2, -0.15) is 0 Å². The van der Waals surface area contributed by atoms with E-state index in [1.54, 1.807) is 7.11 Å². The van der Waals surface area contributed by atoms with Crippen LogP contribution in [0.2, 0.25) is 0 Å². The first-order valence-electron chi connectivity index (χ1n) is 7.46. The summed E-state index contributed by atoms with van der Waals surface area (Å²) in [6.07, 6.45) is 5.04. The average molecular weight is 279 g/mol. The highest BCUT2D eigenvalue weighted by atomic mass is 16.5. The Morgan fingerprint density at radius 2 is 1.85 bits per heavy atom. The fourth-order valence-electron chi connectivity index (χ4n) is 2.39. The van der Waals surface area contributed by atoms with Crippen LogP contribution in [0.4, 0.5) is 0 Å². The Bertz CT molecular complexity index is 360. The highest BCUT2D eigenvalue weighted by Gasteiger charge is 2.11. The number of piperidine rings is 1. The third-order valence-electron chi connectivity index (χ3n) is 3.58. The van der Waals surface area contributed by atoms with Crippen molar-refractivity contribution in [3.8, 4) is 11.5 Å². The zero-order valence-corrected chi connectivity index (χ0v) is 12.3. The Balaban J connectivity index is 1.50. The second-order valence-electron chi connectivity index (χ2n) is 5.07. The predicted octanol–water partition coefficient (Wildman–Crippen LogP) is 2.62. The summed E-state index contributed by atoms with van der Waals surface area (Å²) in [4.78, 5) is 0. The molecule has 1 unspecified atom stereocenters. The molecular formula is C16H25NO3. The minimum atomic E-state index is 0.588. The molecule has 0 aliphatic carbocycles. The summed E-state index contributed by atoms with van der Waals surface area (Å²) in [5.41, 5.74) is 0. The minimum absolute atomic E-state index is 0.588. The monoisotopic (exact) mass is 279 g/mol. The lowest BCUT2D eigenvalue weighted by atomic mass is 10.0. The van der Waals surface area contributed by atoms with E-state index >= 15 is 0 Å². The largest absolute Gasteiger partial charge is 0.497 e. The van der Waals surface area contributed by atoms with Crippen molar-refractivity contribution in [1.29, 1.82) is 0 Å². The molecule has 0 saturated carbocycles. The summed E-state index contributed by atoms with van der Waals surface area (Å²) in [6.45, 7) is 3.19. The second-order valence-corrected chi connectivity index (χ2v) is 5.07. The topological polar surface area (TPSA) is 39.7 Å². The molecule has 0 bridgehead atoms. The van der Waals surface area contributed by atoms with E-state index in [1.165, 1.54) is 19.3 Å².